The summed E-state index contributed by atoms with van der Waals surface area (Å²) in [6, 6.07) is 8.02. The highest BCUT2D eigenvalue weighted by Crippen LogP contribution is 2.34. The van der Waals surface area contributed by atoms with Crippen molar-refractivity contribution >= 4 is 22.0 Å². The van der Waals surface area contributed by atoms with E-state index in [-0.39, 0.29) is 48.6 Å². The van der Waals surface area contributed by atoms with Crippen LogP contribution in [0.1, 0.15) is 31.9 Å². The van der Waals surface area contributed by atoms with Crippen LogP contribution < -0.4 is 4.74 Å². The number of aromatic nitrogens is 1. The van der Waals surface area contributed by atoms with Crippen LogP contribution in [-0.2, 0) is 21.2 Å². The van der Waals surface area contributed by atoms with Gasteiger partial charge in [-0.1, -0.05) is 31.2 Å². The lowest BCUT2D eigenvalue weighted by atomic mass is 10.0. The Hall–Kier alpha value is -2.75. The molecule has 0 saturated heterocycles. The number of benzene rings is 1. The maximum Gasteiger partial charge on any atom is 0.247 e. The predicted octanol–water partition coefficient (Wildman–Crippen LogP) is 2.58. The molecule has 0 spiro atoms. The van der Waals surface area contributed by atoms with E-state index >= 15 is 0 Å². The molecule has 34 heavy (non-hydrogen) atoms. The number of nitrogens with zero attached hydrogens (tertiary/aromatic N) is 3. The van der Waals surface area contributed by atoms with Gasteiger partial charge in [-0.25, -0.2) is 8.42 Å². The Morgan fingerprint density at radius 3 is 2.79 bits per heavy atom. The monoisotopic (exact) mass is 487 g/mol. The molecule has 9 heteroatoms. The number of fused-ring (bicyclic) bond motifs is 1. The number of carbonyl (C=O) groups excluding carboxylic acids is 1. The molecule has 1 aliphatic heterocycles. The Morgan fingerprint density at radius 1 is 1.38 bits per heavy atom. The maximum absolute atomic E-state index is 13.5. The van der Waals surface area contributed by atoms with Crippen LogP contribution in [0.15, 0.2) is 53.7 Å². The third-order valence-corrected chi connectivity index (χ3v) is 8.03. The average Bonchev–Trinajstić information content (AvgIpc) is 2.81. The van der Waals surface area contributed by atoms with Gasteiger partial charge in [0.05, 0.1) is 19.6 Å². The van der Waals surface area contributed by atoms with Gasteiger partial charge in [-0.15, -0.1) is 0 Å². The molecule has 3 rings (SSSR count). The van der Waals surface area contributed by atoms with Gasteiger partial charge in [0.1, 0.15) is 16.7 Å². The number of hydrogen-bond donors (Lipinski definition) is 1. The number of allylic oxidation sites excluding steroid dienone is 1. The molecule has 2 heterocycles. The first-order valence-corrected chi connectivity index (χ1v) is 12.8. The van der Waals surface area contributed by atoms with E-state index in [1.165, 1.54) is 4.31 Å². The Kier molecular flexibility index (Phi) is 8.46. The van der Waals surface area contributed by atoms with Crippen molar-refractivity contribution in [1.29, 1.82) is 0 Å². The highest BCUT2D eigenvalue weighted by Gasteiger charge is 2.38. The largest absolute Gasteiger partial charge is 0.487 e. The number of rotatable bonds is 7. The van der Waals surface area contributed by atoms with Gasteiger partial charge in [0.25, 0.3) is 0 Å². The average molecular weight is 488 g/mol. The smallest absolute Gasteiger partial charge is 0.247 e. The molecule has 0 saturated carbocycles. The number of carbonyl (C=O) groups is 1. The van der Waals surface area contributed by atoms with Gasteiger partial charge in [0.2, 0.25) is 15.9 Å². The normalized spacial score (nSPS) is 21.2. The number of aliphatic hydroxyl groups is 1. The van der Waals surface area contributed by atoms with Crippen LogP contribution in [0.5, 0.6) is 5.75 Å². The van der Waals surface area contributed by atoms with E-state index in [4.69, 9.17) is 4.74 Å². The van der Waals surface area contributed by atoms with Gasteiger partial charge in [-0.05, 0) is 43.2 Å². The zero-order valence-corrected chi connectivity index (χ0v) is 20.9. The number of hydrogen-bond acceptors (Lipinski definition) is 6. The highest BCUT2D eigenvalue weighted by molar-refractivity contribution is 7.89. The molecule has 3 atom stereocenters. The zero-order chi connectivity index (χ0) is 24.9. The van der Waals surface area contributed by atoms with Crippen LogP contribution in [0.2, 0.25) is 0 Å². The summed E-state index contributed by atoms with van der Waals surface area (Å²) in [5, 5.41) is 9.75. The quantitative estimate of drug-likeness (QED) is 0.644. The number of amides is 1. The second-order valence-electron chi connectivity index (χ2n) is 8.76. The van der Waals surface area contributed by atoms with Crippen molar-refractivity contribution in [2.45, 2.75) is 44.2 Å². The summed E-state index contributed by atoms with van der Waals surface area (Å²) >= 11 is 0. The number of likely N-dealkylation sites (N-methyl/N-ethyl adjacent to an activating group) is 1. The topological polar surface area (TPSA) is 100 Å². The van der Waals surface area contributed by atoms with Gasteiger partial charge in [-0.3, -0.25) is 9.78 Å². The Bertz CT molecular complexity index is 1120. The van der Waals surface area contributed by atoms with Gasteiger partial charge in [-0.2, -0.15) is 4.31 Å². The molecule has 0 bridgehead atoms. The van der Waals surface area contributed by atoms with Crippen molar-refractivity contribution in [2.24, 2.45) is 5.92 Å². The minimum atomic E-state index is -3.89. The fourth-order valence-electron chi connectivity index (χ4n) is 3.94. The van der Waals surface area contributed by atoms with Crippen molar-refractivity contribution in [3.05, 3.63) is 59.9 Å². The first kappa shape index (κ1) is 25.9. The van der Waals surface area contributed by atoms with E-state index in [9.17, 15) is 18.3 Å². The first-order valence-electron chi connectivity index (χ1n) is 11.4. The Balaban J connectivity index is 1.94. The SMILES string of the molecule is CC=Cc1ccc2c(c1)O[C@@H](CN(C)C(=O)Cc1cccnc1)[C@H](C)CN([C@@H](C)CO)S2(=O)=O. The second-order valence-corrected chi connectivity index (χ2v) is 10.6. The van der Waals surface area contributed by atoms with E-state index in [0.717, 1.165) is 11.1 Å². The number of aliphatic hydroxyl groups excluding tert-OH is 1. The van der Waals surface area contributed by atoms with Crippen molar-refractivity contribution in [1.82, 2.24) is 14.2 Å². The van der Waals surface area contributed by atoms with Gasteiger partial charge in [0, 0.05) is 37.9 Å². The summed E-state index contributed by atoms with van der Waals surface area (Å²) in [4.78, 5) is 18.6. The molecular formula is C25H33N3O5S. The van der Waals surface area contributed by atoms with E-state index in [1.54, 1.807) is 55.5 Å². The number of ether oxygens (including phenoxy) is 1. The fourth-order valence-corrected chi connectivity index (χ4v) is 5.77. The van der Waals surface area contributed by atoms with E-state index < -0.39 is 22.2 Å². The summed E-state index contributed by atoms with van der Waals surface area (Å²) in [6.07, 6.45) is 6.82. The van der Waals surface area contributed by atoms with Crippen LogP contribution >= 0.6 is 0 Å². The van der Waals surface area contributed by atoms with Crippen LogP contribution in [0.4, 0.5) is 0 Å². The summed E-state index contributed by atoms with van der Waals surface area (Å²) in [6.45, 7) is 5.61. The lowest BCUT2D eigenvalue weighted by Crippen LogP contribution is -2.50. The zero-order valence-electron chi connectivity index (χ0n) is 20.1. The molecule has 0 aliphatic carbocycles. The van der Waals surface area contributed by atoms with Crippen molar-refractivity contribution in [2.75, 3.05) is 26.7 Å². The van der Waals surface area contributed by atoms with Gasteiger partial charge >= 0.3 is 0 Å². The van der Waals surface area contributed by atoms with Crippen LogP contribution in [-0.4, -0.2) is 72.5 Å². The summed E-state index contributed by atoms with van der Waals surface area (Å²) in [7, 11) is -2.17. The molecule has 1 aliphatic rings. The molecule has 1 aromatic heterocycles. The standard InChI is InChI=1S/C25H33N3O5S/c1-5-7-20-9-10-24-22(12-20)33-23(18(2)15-28(19(3)17-29)34(24,31)32)16-27(4)25(30)13-21-8-6-11-26-14-21/h5-12,14,18-19,23,29H,13,15-17H2,1-4H3/t18-,19+,23+/m1/s1. The molecule has 1 N–H and O–H groups in total. The van der Waals surface area contributed by atoms with E-state index in [1.807, 2.05) is 32.1 Å². The van der Waals surface area contributed by atoms with Crippen LogP contribution in [0.25, 0.3) is 6.08 Å². The number of sulfonamides is 1. The van der Waals surface area contributed by atoms with Crippen LogP contribution in [0, 0.1) is 5.92 Å². The maximum atomic E-state index is 13.5. The highest BCUT2D eigenvalue weighted by atomic mass is 32.2. The molecule has 1 amide bonds. The second kappa shape index (κ2) is 11.1. The third kappa shape index (κ3) is 5.84. The summed E-state index contributed by atoms with van der Waals surface area (Å²) in [5.74, 6) is -0.0757. The van der Waals surface area contributed by atoms with Crippen LogP contribution in [0.3, 0.4) is 0 Å². The van der Waals surface area contributed by atoms with E-state index in [2.05, 4.69) is 4.98 Å². The molecule has 1 aromatic carbocycles. The van der Waals surface area contributed by atoms with Crippen molar-refractivity contribution in [3.8, 4) is 5.75 Å². The minimum absolute atomic E-state index is 0.0577. The summed E-state index contributed by atoms with van der Waals surface area (Å²) in [5.41, 5.74) is 1.63. The lowest BCUT2D eigenvalue weighted by Gasteiger charge is -2.37. The third-order valence-electron chi connectivity index (χ3n) is 6.01. The predicted molar refractivity (Wildman–Crippen MR) is 131 cm³/mol. The Morgan fingerprint density at radius 2 is 2.15 bits per heavy atom. The first-order chi connectivity index (χ1) is 16.2. The van der Waals surface area contributed by atoms with Gasteiger partial charge < -0.3 is 14.7 Å². The fraction of sp³-hybridized carbons (Fsp3) is 0.440. The number of pyridine rings is 1. The molecule has 0 unspecified atom stereocenters. The van der Waals surface area contributed by atoms with Crippen molar-refractivity contribution < 1.29 is 23.1 Å². The van der Waals surface area contributed by atoms with E-state index in [0.29, 0.717) is 0 Å². The molecule has 8 nitrogen and oxygen atoms in total. The Labute approximate surface area is 201 Å². The molecular weight excluding hydrogens is 454 g/mol. The summed E-state index contributed by atoms with van der Waals surface area (Å²) < 4.78 is 34.6. The van der Waals surface area contributed by atoms with Gasteiger partial charge in [0.15, 0.2) is 0 Å². The molecule has 2 aromatic rings. The molecule has 0 fully saturated rings. The lowest BCUT2D eigenvalue weighted by molar-refractivity contribution is -0.130. The van der Waals surface area contributed by atoms with Crippen molar-refractivity contribution in [3.63, 3.8) is 0 Å². The molecule has 0 radical (unpaired) electrons. The minimum Gasteiger partial charge on any atom is -0.487 e. The molecule has 184 valence electrons.